The number of hydrogen-bond acceptors (Lipinski definition) is 3. The van der Waals surface area contributed by atoms with Crippen molar-refractivity contribution in [1.82, 2.24) is 0 Å². The van der Waals surface area contributed by atoms with Gasteiger partial charge in [0.1, 0.15) is 5.75 Å². The predicted molar refractivity (Wildman–Crippen MR) is 116 cm³/mol. The summed E-state index contributed by atoms with van der Waals surface area (Å²) in [5, 5.41) is 7.20. The van der Waals surface area contributed by atoms with Gasteiger partial charge in [0.05, 0.1) is 5.02 Å². The van der Waals surface area contributed by atoms with Crippen molar-refractivity contribution in [2.45, 2.75) is 13.5 Å². The van der Waals surface area contributed by atoms with Gasteiger partial charge in [0.25, 0.3) is 5.91 Å². The minimum Gasteiger partial charge on any atom is -0.482 e. The Morgan fingerprint density at radius 1 is 0.964 bits per heavy atom. The summed E-state index contributed by atoms with van der Waals surface area (Å²) in [6.07, 6.45) is 0. The monoisotopic (exact) mass is 414 g/mol. The molecule has 0 unspecified atom stereocenters. The van der Waals surface area contributed by atoms with Gasteiger partial charge in [-0.3, -0.25) is 4.79 Å². The molecule has 3 rings (SSSR count). The smallest absolute Gasteiger partial charge is 0.262 e. The molecule has 2 N–H and O–H groups in total. The van der Waals surface area contributed by atoms with Gasteiger partial charge in [0.2, 0.25) is 0 Å². The molecule has 6 heteroatoms. The number of amides is 1. The van der Waals surface area contributed by atoms with Crippen LogP contribution in [0.1, 0.15) is 11.1 Å². The molecule has 0 aromatic heterocycles. The van der Waals surface area contributed by atoms with Gasteiger partial charge in [-0.05, 0) is 55.0 Å². The van der Waals surface area contributed by atoms with Crippen LogP contribution in [0.15, 0.2) is 66.7 Å². The number of ether oxygens (including phenoxy) is 1. The Morgan fingerprint density at radius 3 is 2.46 bits per heavy atom. The molecule has 0 fully saturated rings. The maximum absolute atomic E-state index is 12.0. The molecular formula is C22H20Cl2N2O2. The first-order valence-electron chi connectivity index (χ1n) is 8.77. The first-order valence-corrected chi connectivity index (χ1v) is 9.52. The summed E-state index contributed by atoms with van der Waals surface area (Å²) in [4.78, 5) is 12.0. The average molecular weight is 415 g/mol. The van der Waals surface area contributed by atoms with Crippen molar-refractivity contribution in [2.75, 3.05) is 17.2 Å². The van der Waals surface area contributed by atoms with Crippen molar-refractivity contribution in [2.24, 2.45) is 0 Å². The number of aryl methyl sites for hydroxylation is 1. The van der Waals surface area contributed by atoms with Crippen molar-refractivity contribution < 1.29 is 9.53 Å². The number of carbonyl (C=O) groups excluding carboxylic acids is 1. The second-order valence-corrected chi connectivity index (χ2v) is 7.18. The van der Waals surface area contributed by atoms with E-state index >= 15 is 0 Å². The molecule has 144 valence electrons. The number of nitrogens with one attached hydrogen (secondary N) is 2. The summed E-state index contributed by atoms with van der Waals surface area (Å²) in [6, 6.07) is 20.5. The first kappa shape index (κ1) is 20.1. The van der Waals surface area contributed by atoms with E-state index in [2.05, 4.69) is 10.6 Å². The zero-order valence-electron chi connectivity index (χ0n) is 15.3. The topological polar surface area (TPSA) is 50.4 Å². The highest BCUT2D eigenvalue weighted by Gasteiger charge is 2.08. The van der Waals surface area contributed by atoms with Gasteiger partial charge in [-0.1, -0.05) is 53.0 Å². The maximum Gasteiger partial charge on any atom is 0.262 e. The van der Waals surface area contributed by atoms with Crippen LogP contribution in [0.2, 0.25) is 10.0 Å². The van der Waals surface area contributed by atoms with E-state index in [1.807, 2.05) is 67.6 Å². The molecule has 0 aliphatic carbocycles. The minimum absolute atomic E-state index is 0.117. The van der Waals surface area contributed by atoms with Crippen LogP contribution in [0.5, 0.6) is 5.75 Å². The molecule has 1 amide bonds. The number of halogens is 2. The Balaban J connectivity index is 1.52. The molecule has 0 heterocycles. The summed E-state index contributed by atoms with van der Waals surface area (Å²) < 4.78 is 5.55. The highest BCUT2D eigenvalue weighted by atomic mass is 35.5. The second kappa shape index (κ2) is 9.49. The molecule has 0 aliphatic rings. The zero-order valence-corrected chi connectivity index (χ0v) is 16.8. The highest BCUT2D eigenvalue weighted by Crippen LogP contribution is 2.26. The average Bonchev–Trinajstić information content (AvgIpc) is 2.67. The lowest BCUT2D eigenvalue weighted by Crippen LogP contribution is -2.20. The molecule has 3 aromatic carbocycles. The Morgan fingerprint density at radius 2 is 1.75 bits per heavy atom. The van der Waals surface area contributed by atoms with Crippen LogP contribution in [0.3, 0.4) is 0 Å². The van der Waals surface area contributed by atoms with E-state index in [0.29, 0.717) is 22.3 Å². The molecule has 0 radical (unpaired) electrons. The molecule has 0 bridgehead atoms. The van der Waals surface area contributed by atoms with E-state index in [4.69, 9.17) is 27.9 Å². The van der Waals surface area contributed by atoms with Crippen molar-refractivity contribution in [3.8, 4) is 5.75 Å². The molecule has 0 saturated heterocycles. The van der Waals surface area contributed by atoms with Crippen LogP contribution in [0, 0.1) is 6.92 Å². The summed E-state index contributed by atoms with van der Waals surface area (Å²) in [7, 11) is 0. The lowest BCUT2D eigenvalue weighted by molar-refractivity contribution is -0.118. The number of carbonyl (C=O) groups is 1. The first-order chi connectivity index (χ1) is 13.5. The fourth-order valence-corrected chi connectivity index (χ4v) is 3.00. The van der Waals surface area contributed by atoms with Crippen LogP contribution in [-0.2, 0) is 11.3 Å². The van der Waals surface area contributed by atoms with Crippen LogP contribution in [-0.4, -0.2) is 12.5 Å². The number of hydrogen-bond donors (Lipinski definition) is 2. The van der Waals surface area contributed by atoms with E-state index < -0.39 is 0 Å². The molecular weight excluding hydrogens is 395 g/mol. The number of benzene rings is 3. The van der Waals surface area contributed by atoms with Crippen molar-refractivity contribution in [3.63, 3.8) is 0 Å². The third-order valence-electron chi connectivity index (χ3n) is 4.01. The lowest BCUT2D eigenvalue weighted by Gasteiger charge is -2.11. The van der Waals surface area contributed by atoms with Gasteiger partial charge in [-0.15, -0.1) is 0 Å². The van der Waals surface area contributed by atoms with Gasteiger partial charge in [0, 0.05) is 22.9 Å². The standard InChI is InChI=1S/C22H20Cl2N2O2/c1-15-5-8-18(9-6-15)26-22(27)14-28-21-10-7-16(11-20(21)24)13-25-19-4-2-3-17(23)12-19/h2-12,25H,13-14H2,1H3,(H,26,27). The van der Waals surface area contributed by atoms with E-state index in [9.17, 15) is 4.79 Å². The highest BCUT2D eigenvalue weighted by molar-refractivity contribution is 6.32. The summed E-state index contributed by atoms with van der Waals surface area (Å²) in [6.45, 7) is 2.47. The minimum atomic E-state index is -0.244. The van der Waals surface area contributed by atoms with Crippen molar-refractivity contribution in [1.29, 1.82) is 0 Å². The van der Waals surface area contributed by atoms with E-state index in [1.54, 1.807) is 6.07 Å². The van der Waals surface area contributed by atoms with Gasteiger partial charge in [-0.2, -0.15) is 0 Å². The fourth-order valence-electron chi connectivity index (χ4n) is 2.55. The summed E-state index contributed by atoms with van der Waals surface area (Å²) in [5.74, 6) is 0.221. The van der Waals surface area contributed by atoms with Crippen molar-refractivity contribution >= 4 is 40.5 Å². The molecule has 3 aromatic rings. The third kappa shape index (κ3) is 5.91. The fraction of sp³-hybridized carbons (Fsp3) is 0.136. The Hall–Kier alpha value is -2.69. The van der Waals surface area contributed by atoms with Gasteiger partial charge >= 0.3 is 0 Å². The normalized spacial score (nSPS) is 10.4. The van der Waals surface area contributed by atoms with Crippen molar-refractivity contribution in [3.05, 3.63) is 87.9 Å². The third-order valence-corrected chi connectivity index (χ3v) is 4.54. The van der Waals surface area contributed by atoms with Crippen LogP contribution < -0.4 is 15.4 Å². The quantitative estimate of drug-likeness (QED) is 0.503. The molecule has 0 aliphatic heterocycles. The van der Waals surface area contributed by atoms with Crippen LogP contribution >= 0.6 is 23.2 Å². The molecule has 0 saturated carbocycles. The zero-order chi connectivity index (χ0) is 19.9. The second-order valence-electron chi connectivity index (χ2n) is 6.33. The molecule has 28 heavy (non-hydrogen) atoms. The predicted octanol–water partition coefficient (Wildman–Crippen LogP) is 5.93. The Kier molecular flexibility index (Phi) is 6.80. The lowest BCUT2D eigenvalue weighted by atomic mass is 10.2. The molecule has 0 spiro atoms. The van der Waals surface area contributed by atoms with E-state index in [1.165, 1.54) is 0 Å². The van der Waals surface area contributed by atoms with Crippen LogP contribution in [0.4, 0.5) is 11.4 Å². The maximum atomic E-state index is 12.0. The molecule has 4 nitrogen and oxygen atoms in total. The number of rotatable bonds is 7. The van der Waals surface area contributed by atoms with Crippen LogP contribution in [0.25, 0.3) is 0 Å². The summed E-state index contributed by atoms with van der Waals surface area (Å²) >= 11 is 12.3. The Bertz CT molecular complexity index is 959. The largest absolute Gasteiger partial charge is 0.482 e. The SMILES string of the molecule is Cc1ccc(NC(=O)COc2ccc(CNc3cccc(Cl)c3)cc2Cl)cc1. The van der Waals surface area contributed by atoms with Gasteiger partial charge in [0.15, 0.2) is 6.61 Å². The van der Waals surface area contributed by atoms with Gasteiger partial charge < -0.3 is 15.4 Å². The summed E-state index contributed by atoms with van der Waals surface area (Å²) in [5.41, 5.74) is 3.77. The number of anilines is 2. The van der Waals surface area contributed by atoms with E-state index in [0.717, 1.165) is 22.5 Å². The van der Waals surface area contributed by atoms with E-state index in [-0.39, 0.29) is 12.5 Å². The molecule has 0 atom stereocenters. The van der Waals surface area contributed by atoms with Gasteiger partial charge in [-0.25, -0.2) is 0 Å². The Labute approximate surface area is 174 Å².